The standard InChI is InChI=1S/C22H27N3O4S/c1-14(26)23-15-9-10-20(25-30(4,28)29)17(13-15)21(27)24-19-11-12-22(2,3)18-8-6-5-7-16(18)19/h5-10,13,19,25H,11-12H2,1-4H3,(H,23,26)(H,24,27). The van der Waals surface area contributed by atoms with E-state index >= 15 is 0 Å². The number of hydrogen-bond donors (Lipinski definition) is 3. The highest BCUT2D eigenvalue weighted by molar-refractivity contribution is 7.92. The monoisotopic (exact) mass is 429 g/mol. The molecule has 0 saturated heterocycles. The molecule has 7 nitrogen and oxygen atoms in total. The van der Waals surface area contributed by atoms with Crippen molar-refractivity contribution in [1.82, 2.24) is 5.32 Å². The van der Waals surface area contributed by atoms with E-state index in [0.717, 1.165) is 24.7 Å². The van der Waals surface area contributed by atoms with Crippen LogP contribution in [0, 0.1) is 0 Å². The zero-order valence-electron chi connectivity index (χ0n) is 17.6. The number of nitrogens with one attached hydrogen (secondary N) is 3. The molecule has 8 heteroatoms. The molecule has 0 saturated carbocycles. The van der Waals surface area contributed by atoms with Crippen molar-refractivity contribution in [2.75, 3.05) is 16.3 Å². The van der Waals surface area contributed by atoms with E-state index in [2.05, 4.69) is 35.3 Å². The number of amides is 2. The Balaban J connectivity index is 1.95. The van der Waals surface area contributed by atoms with Gasteiger partial charge in [-0.05, 0) is 47.6 Å². The van der Waals surface area contributed by atoms with Gasteiger partial charge in [0, 0.05) is 12.6 Å². The number of hydrogen-bond acceptors (Lipinski definition) is 4. The Kier molecular flexibility index (Phi) is 5.90. The maximum absolute atomic E-state index is 13.2. The van der Waals surface area contributed by atoms with Gasteiger partial charge in [0.15, 0.2) is 0 Å². The maximum Gasteiger partial charge on any atom is 0.253 e. The lowest BCUT2D eigenvalue weighted by atomic mass is 9.71. The van der Waals surface area contributed by atoms with Crippen LogP contribution in [0.4, 0.5) is 11.4 Å². The molecule has 1 aliphatic carbocycles. The third-order valence-electron chi connectivity index (χ3n) is 5.31. The first-order chi connectivity index (χ1) is 14.0. The molecule has 0 aliphatic heterocycles. The van der Waals surface area contributed by atoms with Gasteiger partial charge in [0.25, 0.3) is 5.91 Å². The lowest BCUT2D eigenvalue weighted by molar-refractivity contribution is -0.114. The van der Waals surface area contributed by atoms with Crippen LogP contribution in [-0.4, -0.2) is 26.5 Å². The molecule has 2 aromatic carbocycles. The molecule has 3 rings (SSSR count). The Morgan fingerprint density at radius 3 is 2.47 bits per heavy atom. The summed E-state index contributed by atoms with van der Waals surface area (Å²) < 4.78 is 25.9. The van der Waals surface area contributed by atoms with E-state index in [1.54, 1.807) is 6.07 Å². The third-order valence-corrected chi connectivity index (χ3v) is 5.90. The van der Waals surface area contributed by atoms with Crippen molar-refractivity contribution in [1.29, 1.82) is 0 Å². The van der Waals surface area contributed by atoms with Gasteiger partial charge in [-0.15, -0.1) is 0 Å². The van der Waals surface area contributed by atoms with E-state index in [-0.39, 0.29) is 28.6 Å². The minimum Gasteiger partial charge on any atom is -0.345 e. The van der Waals surface area contributed by atoms with Gasteiger partial charge in [0.1, 0.15) is 0 Å². The molecular formula is C22H27N3O4S. The second kappa shape index (κ2) is 8.10. The van der Waals surface area contributed by atoms with Crippen LogP contribution in [0.1, 0.15) is 61.1 Å². The Hall–Kier alpha value is -2.87. The van der Waals surface area contributed by atoms with Crippen molar-refractivity contribution >= 4 is 33.2 Å². The van der Waals surface area contributed by atoms with Gasteiger partial charge >= 0.3 is 0 Å². The summed E-state index contributed by atoms with van der Waals surface area (Å²) in [5.74, 6) is -0.693. The van der Waals surface area contributed by atoms with E-state index in [1.165, 1.54) is 24.6 Å². The zero-order valence-corrected chi connectivity index (χ0v) is 18.4. The van der Waals surface area contributed by atoms with Crippen molar-refractivity contribution in [3.05, 3.63) is 59.2 Å². The van der Waals surface area contributed by atoms with Crippen LogP contribution in [-0.2, 0) is 20.2 Å². The molecule has 0 heterocycles. The third kappa shape index (κ3) is 4.99. The van der Waals surface area contributed by atoms with Gasteiger partial charge in [-0.1, -0.05) is 38.1 Å². The number of rotatable bonds is 5. The van der Waals surface area contributed by atoms with Crippen molar-refractivity contribution in [2.45, 2.75) is 45.1 Å². The molecule has 0 aromatic heterocycles. The first kappa shape index (κ1) is 21.8. The van der Waals surface area contributed by atoms with Crippen molar-refractivity contribution in [3.8, 4) is 0 Å². The van der Waals surface area contributed by atoms with Gasteiger partial charge in [-0.3, -0.25) is 14.3 Å². The predicted octanol–water partition coefficient (Wildman–Crippen LogP) is 3.56. The molecule has 0 spiro atoms. The van der Waals surface area contributed by atoms with Gasteiger partial charge in [-0.2, -0.15) is 0 Å². The Labute approximate surface area is 177 Å². The number of sulfonamides is 1. The number of carbonyl (C=O) groups is 2. The number of fused-ring (bicyclic) bond motifs is 1. The number of carbonyl (C=O) groups excluding carboxylic acids is 2. The first-order valence-corrected chi connectivity index (χ1v) is 11.6. The summed E-state index contributed by atoms with van der Waals surface area (Å²) in [7, 11) is -3.58. The van der Waals surface area contributed by atoms with Crippen molar-refractivity contribution in [3.63, 3.8) is 0 Å². The number of benzene rings is 2. The van der Waals surface area contributed by atoms with E-state index < -0.39 is 15.9 Å². The van der Waals surface area contributed by atoms with Crippen LogP contribution < -0.4 is 15.4 Å². The zero-order chi connectivity index (χ0) is 22.1. The summed E-state index contributed by atoms with van der Waals surface area (Å²) in [5, 5.41) is 5.67. The van der Waals surface area contributed by atoms with Crippen LogP contribution >= 0.6 is 0 Å². The second-order valence-electron chi connectivity index (χ2n) is 8.35. The highest BCUT2D eigenvalue weighted by Gasteiger charge is 2.33. The van der Waals surface area contributed by atoms with E-state index in [0.29, 0.717) is 5.69 Å². The van der Waals surface area contributed by atoms with E-state index in [1.807, 2.05) is 18.2 Å². The lowest BCUT2D eigenvalue weighted by Gasteiger charge is -2.37. The molecule has 160 valence electrons. The highest BCUT2D eigenvalue weighted by atomic mass is 32.2. The van der Waals surface area contributed by atoms with Crippen LogP contribution in [0.2, 0.25) is 0 Å². The number of anilines is 2. The molecule has 1 unspecified atom stereocenters. The van der Waals surface area contributed by atoms with Gasteiger partial charge < -0.3 is 10.6 Å². The summed E-state index contributed by atoms with van der Waals surface area (Å²) in [6.07, 6.45) is 2.71. The smallest absolute Gasteiger partial charge is 0.253 e. The quantitative estimate of drug-likeness (QED) is 0.676. The summed E-state index contributed by atoms with van der Waals surface area (Å²) in [6.45, 7) is 5.74. The fourth-order valence-electron chi connectivity index (χ4n) is 3.90. The van der Waals surface area contributed by atoms with Crippen LogP contribution in [0.15, 0.2) is 42.5 Å². The lowest BCUT2D eigenvalue weighted by Crippen LogP contribution is -2.36. The van der Waals surface area contributed by atoms with Crippen LogP contribution in [0.3, 0.4) is 0 Å². The fraction of sp³-hybridized carbons (Fsp3) is 0.364. The van der Waals surface area contributed by atoms with Gasteiger partial charge in [0.2, 0.25) is 15.9 Å². The topological polar surface area (TPSA) is 104 Å². The second-order valence-corrected chi connectivity index (χ2v) is 10.1. The fourth-order valence-corrected chi connectivity index (χ4v) is 4.48. The van der Waals surface area contributed by atoms with Gasteiger partial charge in [-0.25, -0.2) is 8.42 Å². The average molecular weight is 430 g/mol. The van der Waals surface area contributed by atoms with E-state index in [9.17, 15) is 18.0 Å². The summed E-state index contributed by atoms with van der Waals surface area (Å²) in [4.78, 5) is 24.6. The molecule has 30 heavy (non-hydrogen) atoms. The normalized spacial score (nSPS) is 17.5. The largest absolute Gasteiger partial charge is 0.345 e. The predicted molar refractivity (Wildman–Crippen MR) is 118 cm³/mol. The van der Waals surface area contributed by atoms with Crippen molar-refractivity contribution in [2.24, 2.45) is 0 Å². The molecule has 2 amide bonds. The molecule has 0 fully saturated rings. The minimum absolute atomic E-state index is 0.0200. The van der Waals surface area contributed by atoms with Crippen LogP contribution in [0.5, 0.6) is 0 Å². The Morgan fingerprint density at radius 1 is 1.10 bits per heavy atom. The molecule has 2 aromatic rings. The summed E-state index contributed by atoms with van der Waals surface area (Å²) >= 11 is 0. The molecule has 1 atom stereocenters. The van der Waals surface area contributed by atoms with Crippen molar-refractivity contribution < 1.29 is 18.0 Å². The average Bonchev–Trinajstić information content (AvgIpc) is 2.64. The van der Waals surface area contributed by atoms with Gasteiger partial charge in [0.05, 0.1) is 23.5 Å². The molecule has 0 radical (unpaired) electrons. The highest BCUT2D eigenvalue weighted by Crippen LogP contribution is 2.41. The molecule has 3 N–H and O–H groups in total. The molecule has 0 bridgehead atoms. The minimum atomic E-state index is -3.58. The Bertz CT molecular complexity index is 1090. The SMILES string of the molecule is CC(=O)Nc1ccc(NS(C)(=O)=O)c(C(=O)NC2CCC(C)(C)c3ccccc32)c1. The maximum atomic E-state index is 13.2. The Morgan fingerprint density at radius 2 is 1.80 bits per heavy atom. The first-order valence-electron chi connectivity index (χ1n) is 9.76. The van der Waals surface area contributed by atoms with Crippen LogP contribution in [0.25, 0.3) is 0 Å². The summed E-state index contributed by atoms with van der Waals surface area (Å²) in [5.41, 5.74) is 3.01. The van der Waals surface area contributed by atoms with E-state index in [4.69, 9.17) is 0 Å². The summed E-state index contributed by atoms with van der Waals surface area (Å²) in [6, 6.07) is 12.4. The molecular weight excluding hydrogens is 402 g/mol. The molecule has 1 aliphatic rings.